The standard InChI is InChI=1S/C28H22ClN5OS/c1-19(22-12-11-20-7-5-6-10-23(20)17-22)30-31-26(35)18-36-28-33-32-27(21-8-3-2-4-9-21)34(28)25-15-13-24(29)14-16-25/h2-17H,18H2,1H3,(H,31,35). The molecule has 0 unspecified atom stereocenters. The van der Waals surface area contributed by atoms with Crippen LogP contribution in [-0.2, 0) is 4.79 Å². The molecule has 1 amide bonds. The number of aromatic nitrogens is 3. The van der Waals surface area contributed by atoms with E-state index >= 15 is 0 Å². The van der Waals surface area contributed by atoms with Crippen molar-refractivity contribution >= 4 is 45.8 Å². The van der Waals surface area contributed by atoms with Gasteiger partial charge >= 0.3 is 0 Å². The summed E-state index contributed by atoms with van der Waals surface area (Å²) in [6.07, 6.45) is 0. The lowest BCUT2D eigenvalue weighted by Crippen LogP contribution is -2.21. The zero-order valence-corrected chi connectivity index (χ0v) is 21.0. The predicted molar refractivity (Wildman–Crippen MR) is 147 cm³/mol. The fourth-order valence-electron chi connectivity index (χ4n) is 3.75. The van der Waals surface area contributed by atoms with Gasteiger partial charge in [0, 0.05) is 16.3 Å². The smallest absolute Gasteiger partial charge is 0.250 e. The molecule has 0 aliphatic carbocycles. The summed E-state index contributed by atoms with van der Waals surface area (Å²) in [5.74, 6) is 0.590. The van der Waals surface area contributed by atoms with Gasteiger partial charge in [-0.3, -0.25) is 9.36 Å². The van der Waals surface area contributed by atoms with Crippen molar-refractivity contribution in [2.45, 2.75) is 12.1 Å². The highest BCUT2D eigenvalue weighted by molar-refractivity contribution is 7.99. The molecule has 1 heterocycles. The Labute approximate surface area is 218 Å². The van der Waals surface area contributed by atoms with E-state index in [0.29, 0.717) is 16.0 Å². The number of hydrogen-bond acceptors (Lipinski definition) is 5. The van der Waals surface area contributed by atoms with Crippen molar-refractivity contribution < 1.29 is 4.79 Å². The molecule has 0 atom stereocenters. The summed E-state index contributed by atoms with van der Waals surface area (Å²) in [7, 11) is 0. The topological polar surface area (TPSA) is 72.2 Å². The Hall–Kier alpha value is -3.94. The van der Waals surface area contributed by atoms with E-state index in [0.717, 1.165) is 33.3 Å². The van der Waals surface area contributed by atoms with Crippen LogP contribution in [-0.4, -0.2) is 32.1 Å². The first-order chi connectivity index (χ1) is 17.6. The second kappa shape index (κ2) is 10.8. The van der Waals surface area contributed by atoms with Crippen molar-refractivity contribution in [3.63, 3.8) is 0 Å². The van der Waals surface area contributed by atoms with E-state index in [2.05, 4.69) is 45.0 Å². The van der Waals surface area contributed by atoms with Crippen molar-refractivity contribution in [2.24, 2.45) is 5.10 Å². The number of nitrogens with zero attached hydrogens (tertiary/aromatic N) is 4. The van der Waals surface area contributed by atoms with Gasteiger partial charge in [0.15, 0.2) is 11.0 Å². The summed E-state index contributed by atoms with van der Waals surface area (Å²) in [5.41, 5.74) is 6.12. The van der Waals surface area contributed by atoms with E-state index in [9.17, 15) is 4.79 Å². The summed E-state index contributed by atoms with van der Waals surface area (Å²) in [6, 6.07) is 31.5. The van der Waals surface area contributed by atoms with Gasteiger partial charge in [-0.1, -0.05) is 90.1 Å². The Morgan fingerprint density at radius 3 is 2.42 bits per heavy atom. The first-order valence-electron chi connectivity index (χ1n) is 11.3. The number of carbonyl (C=O) groups is 1. The Balaban J connectivity index is 1.32. The van der Waals surface area contributed by atoms with Gasteiger partial charge in [0.2, 0.25) is 0 Å². The molecule has 0 aliphatic rings. The lowest BCUT2D eigenvalue weighted by atomic mass is 10.0. The maximum absolute atomic E-state index is 12.6. The maximum atomic E-state index is 12.6. The number of amides is 1. The van der Waals surface area contributed by atoms with Crippen LogP contribution in [0.4, 0.5) is 0 Å². The third-order valence-corrected chi connectivity index (χ3v) is 6.78. The maximum Gasteiger partial charge on any atom is 0.250 e. The van der Waals surface area contributed by atoms with Crippen LogP contribution in [0.3, 0.4) is 0 Å². The minimum atomic E-state index is -0.230. The van der Waals surface area contributed by atoms with Gasteiger partial charge in [-0.15, -0.1) is 10.2 Å². The molecule has 0 radical (unpaired) electrons. The highest BCUT2D eigenvalue weighted by Gasteiger charge is 2.17. The Bertz CT molecular complexity index is 1550. The Morgan fingerprint density at radius 2 is 1.64 bits per heavy atom. The fourth-order valence-corrected chi connectivity index (χ4v) is 4.62. The second-order valence-corrected chi connectivity index (χ2v) is 9.45. The lowest BCUT2D eigenvalue weighted by Gasteiger charge is -2.10. The van der Waals surface area contributed by atoms with E-state index in [1.807, 2.05) is 84.3 Å². The molecule has 1 N–H and O–H groups in total. The lowest BCUT2D eigenvalue weighted by molar-refractivity contribution is -0.118. The number of rotatable bonds is 7. The average Bonchev–Trinajstić information content (AvgIpc) is 3.35. The first kappa shape index (κ1) is 23.8. The summed E-state index contributed by atoms with van der Waals surface area (Å²) < 4.78 is 1.92. The number of hydrazone groups is 1. The van der Waals surface area contributed by atoms with Crippen molar-refractivity contribution in [3.8, 4) is 17.1 Å². The van der Waals surface area contributed by atoms with E-state index < -0.39 is 0 Å². The van der Waals surface area contributed by atoms with Crippen LogP contribution in [0.5, 0.6) is 0 Å². The molecular weight excluding hydrogens is 490 g/mol. The van der Waals surface area contributed by atoms with Crippen molar-refractivity contribution in [2.75, 3.05) is 5.75 Å². The van der Waals surface area contributed by atoms with E-state index in [-0.39, 0.29) is 11.7 Å². The molecule has 178 valence electrons. The van der Waals surface area contributed by atoms with Crippen LogP contribution in [0.15, 0.2) is 107 Å². The largest absolute Gasteiger partial charge is 0.272 e. The molecule has 8 heteroatoms. The highest BCUT2D eigenvalue weighted by Crippen LogP contribution is 2.28. The summed E-state index contributed by atoms with van der Waals surface area (Å²) >= 11 is 7.39. The fraction of sp³-hybridized carbons (Fsp3) is 0.0714. The van der Waals surface area contributed by atoms with E-state index in [1.54, 1.807) is 0 Å². The second-order valence-electron chi connectivity index (χ2n) is 8.07. The number of fused-ring (bicyclic) bond motifs is 1. The van der Waals surface area contributed by atoms with Crippen LogP contribution in [0, 0.1) is 0 Å². The molecule has 0 bridgehead atoms. The molecule has 6 nitrogen and oxygen atoms in total. The number of halogens is 1. The monoisotopic (exact) mass is 511 g/mol. The predicted octanol–water partition coefficient (Wildman–Crippen LogP) is 6.37. The van der Waals surface area contributed by atoms with Crippen LogP contribution >= 0.6 is 23.4 Å². The average molecular weight is 512 g/mol. The molecular formula is C28H22ClN5OS. The molecule has 5 rings (SSSR count). The van der Waals surface area contributed by atoms with E-state index in [1.165, 1.54) is 11.8 Å². The zero-order chi connectivity index (χ0) is 24.9. The molecule has 0 aliphatic heterocycles. The van der Waals surface area contributed by atoms with Crippen molar-refractivity contribution in [1.29, 1.82) is 0 Å². The minimum absolute atomic E-state index is 0.134. The summed E-state index contributed by atoms with van der Waals surface area (Å²) in [5, 5.41) is 16.6. The summed E-state index contributed by atoms with van der Waals surface area (Å²) in [4.78, 5) is 12.6. The van der Waals surface area contributed by atoms with Gasteiger partial charge in [-0.2, -0.15) is 5.10 Å². The molecule has 5 aromatic rings. The molecule has 1 aromatic heterocycles. The zero-order valence-electron chi connectivity index (χ0n) is 19.4. The normalized spacial score (nSPS) is 11.6. The number of carbonyl (C=O) groups excluding carboxylic acids is 1. The third-order valence-electron chi connectivity index (χ3n) is 5.60. The number of benzene rings is 4. The van der Waals surface area contributed by atoms with Gasteiger partial charge in [-0.25, -0.2) is 5.43 Å². The van der Waals surface area contributed by atoms with Gasteiger partial charge < -0.3 is 0 Å². The Kier molecular flexibility index (Phi) is 7.11. The van der Waals surface area contributed by atoms with Gasteiger partial charge in [-0.05, 0) is 53.6 Å². The number of thioether (sulfide) groups is 1. The summed E-state index contributed by atoms with van der Waals surface area (Å²) in [6.45, 7) is 1.88. The van der Waals surface area contributed by atoms with Crippen LogP contribution in [0.1, 0.15) is 12.5 Å². The molecule has 36 heavy (non-hydrogen) atoms. The van der Waals surface area contributed by atoms with Crippen molar-refractivity contribution in [1.82, 2.24) is 20.2 Å². The SMILES string of the molecule is CC(=NNC(=O)CSc1nnc(-c2ccccc2)n1-c1ccc(Cl)cc1)c1ccc2ccccc2c1. The van der Waals surface area contributed by atoms with Gasteiger partial charge in [0.1, 0.15) is 0 Å². The van der Waals surface area contributed by atoms with Crippen molar-refractivity contribution in [3.05, 3.63) is 108 Å². The highest BCUT2D eigenvalue weighted by atomic mass is 35.5. The van der Waals surface area contributed by atoms with Gasteiger partial charge in [0.25, 0.3) is 5.91 Å². The van der Waals surface area contributed by atoms with Crippen LogP contribution < -0.4 is 5.43 Å². The quantitative estimate of drug-likeness (QED) is 0.156. The molecule has 4 aromatic carbocycles. The van der Waals surface area contributed by atoms with E-state index in [4.69, 9.17) is 11.6 Å². The van der Waals surface area contributed by atoms with Crippen LogP contribution in [0.2, 0.25) is 5.02 Å². The molecule has 0 fully saturated rings. The Morgan fingerprint density at radius 1 is 0.917 bits per heavy atom. The number of hydrogen-bond donors (Lipinski definition) is 1. The first-order valence-corrected chi connectivity index (χ1v) is 12.7. The van der Waals surface area contributed by atoms with Crippen LogP contribution in [0.25, 0.3) is 27.8 Å². The molecule has 0 saturated carbocycles. The molecule has 0 spiro atoms. The molecule has 0 saturated heterocycles. The minimum Gasteiger partial charge on any atom is -0.272 e. The third kappa shape index (κ3) is 5.32. The number of nitrogens with one attached hydrogen (secondary N) is 1. The van der Waals surface area contributed by atoms with Gasteiger partial charge in [0.05, 0.1) is 11.5 Å².